The van der Waals surface area contributed by atoms with Crippen LogP contribution < -0.4 is 10.4 Å². The molecule has 11 atom stereocenters. The van der Waals surface area contributed by atoms with Crippen LogP contribution in [-0.4, -0.2) is 16.6 Å². The average Bonchev–Trinajstić information content (AvgIpc) is 3.67. The van der Waals surface area contributed by atoms with Crippen LogP contribution in [0.25, 0.3) is 0 Å². The number of rotatable bonds is 8. The maximum Gasteiger partial charge on any atom is 0.0705 e. The molecule has 4 saturated carbocycles. The van der Waals surface area contributed by atoms with Crippen molar-refractivity contribution in [2.24, 2.45) is 41.4 Å². The van der Waals surface area contributed by atoms with Gasteiger partial charge in [0.2, 0.25) is 0 Å². The molecule has 2 heteroatoms. The number of unbranched alkanes of at least 4 members (excludes halogenated alkanes) is 1. The summed E-state index contributed by atoms with van der Waals surface area (Å²) >= 11 is 0. The van der Waals surface area contributed by atoms with Crippen molar-refractivity contribution in [2.45, 2.75) is 102 Å². The topological polar surface area (TPSA) is 0 Å². The van der Waals surface area contributed by atoms with Gasteiger partial charge in [0.05, 0.1) is 16.6 Å². The van der Waals surface area contributed by atoms with Gasteiger partial charge in [-0.3, -0.25) is 0 Å². The first-order valence-electron chi connectivity index (χ1n) is 16.3. The predicted octanol–water partition coefficient (Wildman–Crippen LogP) is 7.79. The molecule has 0 aliphatic heterocycles. The van der Waals surface area contributed by atoms with Crippen molar-refractivity contribution in [2.75, 3.05) is 0 Å². The molecule has 4 aliphatic carbocycles. The third-order valence-corrected chi connectivity index (χ3v) is 26.5. The maximum atomic E-state index is 2.71. The van der Waals surface area contributed by atoms with Crippen LogP contribution in [0.4, 0.5) is 0 Å². The minimum Gasteiger partial charge on any atom is -0.0654 e. The Morgan fingerprint density at radius 2 is 1.41 bits per heavy atom. The van der Waals surface area contributed by atoms with Gasteiger partial charge in [-0.05, 0) is 71.8 Å². The fourth-order valence-electron chi connectivity index (χ4n) is 10.7. The average molecular weight is 529 g/mol. The largest absolute Gasteiger partial charge is 0.0705 e. The molecule has 0 nitrogen and oxygen atoms in total. The second-order valence-electron chi connectivity index (χ2n) is 14.0. The summed E-state index contributed by atoms with van der Waals surface area (Å²) < 4.78 is 0. The molecule has 37 heavy (non-hydrogen) atoms. The van der Waals surface area contributed by atoms with Crippen molar-refractivity contribution in [1.82, 2.24) is 0 Å². The van der Waals surface area contributed by atoms with Crippen LogP contribution in [-0.2, 0) is 0 Å². The van der Waals surface area contributed by atoms with E-state index in [0.717, 1.165) is 52.5 Å². The number of fused-ring (bicyclic) bond motifs is 2. The normalized spacial score (nSPS) is 38.7. The molecule has 200 valence electrons. The van der Waals surface area contributed by atoms with Crippen molar-refractivity contribution >= 4 is 27.0 Å². The quantitative estimate of drug-likeness (QED) is 0.307. The van der Waals surface area contributed by atoms with Crippen LogP contribution >= 0.6 is 0 Å². The maximum absolute atomic E-state index is 2.71. The van der Waals surface area contributed by atoms with Gasteiger partial charge in [0.25, 0.3) is 0 Å². The molecule has 0 radical (unpaired) electrons. The molecule has 0 saturated heterocycles. The van der Waals surface area contributed by atoms with E-state index in [9.17, 15) is 0 Å². The van der Waals surface area contributed by atoms with E-state index in [1.807, 2.05) is 10.4 Å². The van der Waals surface area contributed by atoms with Crippen LogP contribution in [0.1, 0.15) is 91.4 Å². The van der Waals surface area contributed by atoms with Gasteiger partial charge in [-0.15, -0.1) is 0 Å². The van der Waals surface area contributed by atoms with Crippen molar-refractivity contribution < 1.29 is 0 Å². The van der Waals surface area contributed by atoms with E-state index in [1.54, 1.807) is 12.8 Å². The summed E-state index contributed by atoms with van der Waals surface area (Å²) in [6.45, 7) is 7.78. The number of hydrogen-bond donors (Lipinski definition) is 0. The highest BCUT2D eigenvalue weighted by atomic mass is 29.2. The lowest BCUT2D eigenvalue weighted by Crippen LogP contribution is -2.59. The third kappa shape index (κ3) is 5.11. The molecular formula is C35H52Si2. The standard InChI is InChI=1S/C35H52Si2/c1-4-5-13-27-20-21-31(23-27)36(29-15-8-6-9-16-29)37(30-17-10-7-11-18-30)35-25(2)22-33-26(3)32-19-12-14-28(32)24-34(33)35/h6-11,15-18,25-28,31-37H,4-5,12-14,19-24H2,1-3H3. The van der Waals surface area contributed by atoms with Gasteiger partial charge in [0.1, 0.15) is 0 Å². The Balaban J connectivity index is 1.40. The van der Waals surface area contributed by atoms with Gasteiger partial charge in [-0.1, -0.05) is 143 Å². The van der Waals surface area contributed by atoms with E-state index in [2.05, 4.69) is 81.4 Å². The SMILES string of the molecule is CCCCC1CCC([SiH](c2ccccc2)[SiH](c2ccccc2)C2C(C)CC3C(C)C4CCCC4CC32)C1. The van der Waals surface area contributed by atoms with Gasteiger partial charge < -0.3 is 0 Å². The zero-order chi connectivity index (χ0) is 25.4. The molecule has 0 aromatic heterocycles. The van der Waals surface area contributed by atoms with E-state index in [1.165, 1.54) is 57.8 Å². The minimum atomic E-state index is -1.17. The van der Waals surface area contributed by atoms with Gasteiger partial charge in [-0.2, -0.15) is 0 Å². The highest BCUT2D eigenvalue weighted by Crippen LogP contribution is 2.61. The summed E-state index contributed by atoms with van der Waals surface area (Å²) in [5.74, 6) is 7.07. The van der Waals surface area contributed by atoms with Crippen LogP contribution in [0.5, 0.6) is 0 Å². The fraction of sp³-hybridized carbons (Fsp3) is 0.657. The Labute approximate surface area is 231 Å². The summed E-state index contributed by atoms with van der Waals surface area (Å²) in [7, 11) is -2.30. The van der Waals surface area contributed by atoms with E-state index < -0.39 is 16.6 Å². The summed E-state index contributed by atoms with van der Waals surface area (Å²) in [6.07, 6.45) is 16.6. The van der Waals surface area contributed by atoms with Crippen molar-refractivity contribution in [3.8, 4) is 0 Å². The lowest BCUT2D eigenvalue weighted by atomic mass is 9.65. The fourth-order valence-corrected chi connectivity index (χ4v) is 28.1. The molecule has 2 aromatic rings. The number of hydrogen-bond acceptors (Lipinski definition) is 0. The Morgan fingerprint density at radius 1 is 0.703 bits per heavy atom. The summed E-state index contributed by atoms with van der Waals surface area (Å²) in [5.41, 5.74) is 2.07. The first kappa shape index (κ1) is 26.1. The molecule has 0 amide bonds. The highest BCUT2D eigenvalue weighted by Gasteiger charge is 2.56. The Morgan fingerprint density at radius 3 is 2.11 bits per heavy atom. The zero-order valence-electron chi connectivity index (χ0n) is 23.9. The van der Waals surface area contributed by atoms with Crippen LogP contribution in [0.15, 0.2) is 60.7 Å². The van der Waals surface area contributed by atoms with E-state index >= 15 is 0 Å². The molecule has 6 rings (SSSR count). The summed E-state index contributed by atoms with van der Waals surface area (Å²) in [5, 5.41) is 3.68. The summed E-state index contributed by atoms with van der Waals surface area (Å²) in [4.78, 5) is 0. The van der Waals surface area contributed by atoms with Crippen molar-refractivity contribution in [3.63, 3.8) is 0 Å². The van der Waals surface area contributed by atoms with Gasteiger partial charge in [0.15, 0.2) is 0 Å². The molecule has 0 bridgehead atoms. The Bertz CT molecular complexity index is 989. The van der Waals surface area contributed by atoms with Crippen molar-refractivity contribution in [1.29, 1.82) is 0 Å². The first-order valence-corrected chi connectivity index (χ1v) is 21.4. The lowest BCUT2D eigenvalue weighted by molar-refractivity contribution is 0.0850. The third-order valence-electron chi connectivity index (χ3n) is 12.2. The van der Waals surface area contributed by atoms with Crippen LogP contribution in [0.2, 0.25) is 11.1 Å². The Kier molecular flexibility index (Phi) is 8.15. The molecule has 0 heterocycles. The lowest BCUT2D eigenvalue weighted by Gasteiger charge is -2.45. The second kappa shape index (κ2) is 11.5. The first-order chi connectivity index (χ1) is 18.2. The highest BCUT2D eigenvalue weighted by molar-refractivity contribution is 7.34. The van der Waals surface area contributed by atoms with Gasteiger partial charge in [-0.25, -0.2) is 0 Å². The monoisotopic (exact) mass is 528 g/mol. The van der Waals surface area contributed by atoms with E-state index in [0.29, 0.717) is 0 Å². The zero-order valence-corrected chi connectivity index (χ0v) is 26.2. The molecular weight excluding hydrogens is 477 g/mol. The van der Waals surface area contributed by atoms with E-state index in [4.69, 9.17) is 0 Å². The van der Waals surface area contributed by atoms with Crippen LogP contribution in [0.3, 0.4) is 0 Å². The van der Waals surface area contributed by atoms with Crippen molar-refractivity contribution in [3.05, 3.63) is 60.7 Å². The molecule has 11 unspecified atom stereocenters. The molecule has 4 aliphatic rings. The van der Waals surface area contributed by atoms with Gasteiger partial charge in [0, 0.05) is 0 Å². The van der Waals surface area contributed by atoms with Crippen LogP contribution in [0, 0.1) is 41.4 Å². The molecule has 4 fully saturated rings. The molecule has 0 N–H and O–H groups in total. The smallest absolute Gasteiger partial charge is 0.0654 e. The van der Waals surface area contributed by atoms with E-state index in [-0.39, 0.29) is 0 Å². The number of benzene rings is 2. The summed E-state index contributed by atoms with van der Waals surface area (Å²) in [6, 6.07) is 24.5. The minimum absolute atomic E-state index is 0.934. The second-order valence-corrected chi connectivity index (χ2v) is 23.5. The van der Waals surface area contributed by atoms with Gasteiger partial charge >= 0.3 is 0 Å². The molecule has 0 spiro atoms. The molecule has 2 aromatic carbocycles. The Hall–Kier alpha value is -1.13. The predicted molar refractivity (Wildman–Crippen MR) is 166 cm³/mol.